The summed E-state index contributed by atoms with van der Waals surface area (Å²) in [6.45, 7) is 2.30. The molecule has 0 aliphatic rings. The number of benzene rings is 2. The Morgan fingerprint density at radius 3 is 2.67 bits per heavy atom. The second-order valence-electron chi connectivity index (χ2n) is 4.58. The number of nitro benzene ring substituents is 1. The van der Waals surface area contributed by atoms with Gasteiger partial charge >= 0.3 is 0 Å². The van der Waals surface area contributed by atoms with Crippen LogP contribution in [0.5, 0.6) is 5.75 Å². The molecule has 0 spiro atoms. The zero-order chi connectivity index (χ0) is 15.4. The molecular weight excluding hydrogens is 336 g/mol. The number of hydrogen-bond donors (Lipinski definition) is 1. The van der Waals surface area contributed by atoms with Gasteiger partial charge in [-0.2, -0.15) is 0 Å². The van der Waals surface area contributed by atoms with Crippen LogP contribution in [0.4, 0.5) is 11.4 Å². The topological polar surface area (TPSA) is 64.4 Å². The van der Waals surface area contributed by atoms with E-state index < -0.39 is 0 Å². The monoisotopic (exact) mass is 350 g/mol. The largest absolute Gasteiger partial charge is 0.496 e. The molecule has 110 valence electrons. The van der Waals surface area contributed by atoms with Crippen LogP contribution in [0.1, 0.15) is 11.1 Å². The lowest BCUT2D eigenvalue weighted by Gasteiger charge is -2.09. The standard InChI is InChI=1S/C15H15BrN2O3/c1-10-3-5-12(8-14(10)18(19)20)17-9-11-4-6-15(21-2)13(16)7-11/h3-8,17H,9H2,1-2H3. The molecule has 2 aromatic rings. The van der Waals surface area contributed by atoms with Gasteiger partial charge in [0.25, 0.3) is 5.69 Å². The third kappa shape index (κ3) is 3.72. The summed E-state index contributed by atoms with van der Waals surface area (Å²) in [7, 11) is 1.61. The summed E-state index contributed by atoms with van der Waals surface area (Å²) in [6.07, 6.45) is 0. The Labute approximate surface area is 131 Å². The molecule has 0 atom stereocenters. The molecule has 5 nitrogen and oxygen atoms in total. The van der Waals surface area contributed by atoms with E-state index in [2.05, 4.69) is 21.2 Å². The van der Waals surface area contributed by atoms with Crippen molar-refractivity contribution < 1.29 is 9.66 Å². The number of nitro groups is 1. The molecule has 6 heteroatoms. The minimum Gasteiger partial charge on any atom is -0.496 e. The maximum absolute atomic E-state index is 10.9. The van der Waals surface area contributed by atoms with E-state index in [0.717, 1.165) is 21.5 Å². The Hall–Kier alpha value is -2.08. The quantitative estimate of drug-likeness (QED) is 0.645. The summed E-state index contributed by atoms with van der Waals surface area (Å²) in [4.78, 5) is 10.6. The summed E-state index contributed by atoms with van der Waals surface area (Å²) in [6, 6.07) is 10.9. The molecule has 2 aromatic carbocycles. The summed E-state index contributed by atoms with van der Waals surface area (Å²) >= 11 is 3.43. The van der Waals surface area contributed by atoms with Crippen molar-refractivity contribution in [3.8, 4) is 5.75 Å². The normalized spacial score (nSPS) is 10.2. The van der Waals surface area contributed by atoms with Crippen molar-refractivity contribution in [1.82, 2.24) is 0 Å². The zero-order valence-corrected chi connectivity index (χ0v) is 13.3. The Balaban J connectivity index is 2.11. The van der Waals surface area contributed by atoms with Crippen molar-refractivity contribution in [3.05, 3.63) is 62.1 Å². The number of rotatable bonds is 5. The van der Waals surface area contributed by atoms with Gasteiger partial charge in [0.05, 0.1) is 16.5 Å². The first kappa shape index (κ1) is 15.3. The molecule has 0 heterocycles. The van der Waals surface area contributed by atoms with Crippen LogP contribution >= 0.6 is 15.9 Å². The minimum atomic E-state index is -0.371. The maximum atomic E-state index is 10.9. The van der Waals surface area contributed by atoms with E-state index in [1.807, 2.05) is 24.3 Å². The van der Waals surface area contributed by atoms with Gasteiger partial charge in [0.1, 0.15) is 5.75 Å². The molecule has 0 aliphatic heterocycles. The van der Waals surface area contributed by atoms with Crippen molar-refractivity contribution in [2.75, 3.05) is 12.4 Å². The number of methoxy groups -OCH3 is 1. The summed E-state index contributed by atoms with van der Waals surface area (Å²) in [5.74, 6) is 0.768. The van der Waals surface area contributed by atoms with Crippen molar-refractivity contribution >= 4 is 27.3 Å². The van der Waals surface area contributed by atoms with Crippen LogP contribution < -0.4 is 10.1 Å². The highest BCUT2D eigenvalue weighted by Gasteiger charge is 2.10. The van der Waals surface area contributed by atoms with Gasteiger partial charge in [-0.1, -0.05) is 12.1 Å². The first-order chi connectivity index (χ1) is 10.0. The van der Waals surface area contributed by atoms with Crippen LogP contribution in [0.25, 0.3) is 0 Å². The van der Waals surface area contributed by atoms with E-state index >= 15 is 0 Å². The summed E-state index contributed by atoms with van der Waals surface area (Å²) in [5, 5.41) is 14.1. The average Bonchev–Trinajstić information content (AvgIpc) is 2.46. The molecule has 0 saturated heterocycles. The van der Waals surface area contributed by atoms with Crippen molar-refractivity contribution in [3.63, 3.8) is 0 Å². The molecular formula is C15H15BrN2O3. The van der Waals surface area contributed by atoms with Crippen LogP contribution in [0, 0.1) is 17.0 Å². The first-order valence-electron chi connectivity index (χ1n) is 6.32. The smallest absolute Gasteiger partial charge is 0.274 e. The Morgan fingerprint density at radius 1 is 1.29 bits per heavy atom. The van der Waals surface area contributed by atoms with E-state index in [4.69, 9.17) is 4.74 Å². The molecule has 0 amide bonds. The molecule has 0 aromatic heterocycles. The number of nitrogens with one attached hydrogen (secondary N) is 1. The van der Waals surface area contributed by atoms with Crippen molar-refractivity contribution in [2.24, 2.45) is 0 Å². The fourth-order valence-corrected chi connectivity index (χ4v) is 2.53. The van der Waals surface area contributed by atoms with E-state index in [9.17, 15) is 10.1 Å². The second-order valence-corrected chi connectivity index (χ2v) is 5.44. The first-order valence-corrected chi connectivity index (χ1v) is 7.12. The Kier molecular flexibility index (Phi) is 4.80. The molecule has 0 saturated carbocycles. The highest BCUT2D eigenvalue weighted by molar-refractivity contribution is 9.10. The Bertz CT molecular complexity index is 674. The minimum absolute atomic E-state index is 0.121. The Morgan fingerprint density at radius 2 is 2.05 bits per heavy atom. The van der Waals surface area contributed by atoms with Crippen LogP contribution in [0.3, 0.4) is 0 Å². The van der Waals surface area contributed by atoms with E-state index in [0.29, 0.717) is 12.1 Å². The molecule has 0 radical (unpaired) electrons. The van der Waals surface area contributed by atoms with Crippen LogP contribution in [0.2, 0.25) is 0 Å². The number of ether oxygens (including phenoxy) is 1. The van der Waals surface area contributed by atoms with E-state index in [1.54, 1.807) is 26.2 Å². The maximum Gasteiger partial charge on any atom is 0.274 e. The average molecular weight is 351 g/mol. The molecule has 0 aliphatic carbocycles. The fourth-order valence-electron chi connectivity index (χ4n) is 1.94. The molecule has 1 N–H and O–H groups in total. The summed E-state index contributed by atoms with van der Waals surface area (Å²) < 4.78 is 6.05. The molecule has 0 unspecified atom stereocenters. The highest BCUT2D eigenvalue weighted by Crippen LogP contribution is 2.26. The van der Waals surface area contributed by atoms with Gasteiger partial charge in [0.2, 0.25) is 0 Å². The lowest BCUT2D eigenvalue weighted by Crippen LogP contribution is -2.01. The zero-order valence-electron chi connectivity index (χ0n) is 11.7. The van der Waals surface area contributed by atoms with Gasteiger partial charge in [-0.05, 0) is 46.6 Å². The predicted octanol–water partition coefficient (Wildman–Crippen LogP) is 4.29. The van der Waals surface area contributed by atoms with Gasteiger partial charge in [0, 0.05) is 23.9 Å². The SMILES string of the molecule is COc1ccc(CNc2ccc(C)c([N+](=O)[O-])c2)cc1Br. The van der Waals surface area contributed by atoms with E-state index in [1.165, 1.54) is 0 Å². The number of halogens is 1. The van der Waals surface area contributed by atoms with Gasteiger partial charge in [-0.15, -0.1) is 0 Å². The molecule has 0 bridgehead atoms. The van der Waals surface area contributed by atoms with Crippen molar-refractivity contribution in [1.29, 1.82) is 0 Å². The van der Waals surface area contributed by atoms with Gasteiger partial charge in [0.15, 0.2) is 0 Å². The molecule has 0 fully saturated rings. The lowest BCUT2D eigenvalue weighted by atomic mass is 10.1. The third-order valence-corrected chi connectivity index (χ3v) is 3.74. The third-order valence-electron chi connectivity index (χ3n) is 3.12. The predicted molar refractivity (Wildman–Crippen MR) is 85.9 cm³/mol. The van der Waals surface area contributed by atoms with Crippen LogP contribution in [0.15, 0.2) is 40.9 Å². The summed E-state index contributed by atoms with van der Waals surface area (Å²) in [5.41, 5.74) is 2.54. The highest BCUT2D eigenvalue weighted by atomic mass is 79.9. The number of nitrogens with zero attached hydrogens (tertiary/aromatic N) is 1. The fraction of sp³-hybridized carbons (Fsp3) is 0.200. The molecule has 2 rings (SSSR count). The van der Waals surface area contributed by atoms with Gasteiger partial charge < -0.3 is 10.1 Å². The number of aryl methyl sites for hydroxylation is 1. The second kappa shape index (κ2) is 6.58. The number of anilines is 1. The van der Waals surface area contributed by atoms with Crippen LogP contribution in [-0.2, 0) is 6.54 Å². The van der Waals surface area contributed by atoms with E-state index in [-0.39, 0.29) is 10.6 Å². The lowest BCUT2D eigenvalue weighted by molar-refractivity contribution is -0.385. The van der Waals surface area contributed by atoms with Crippen LogP contribution in [-0.4, -0.2) is 12.0 Å². The van der Waals surface area contributed by atoms with Gasteiger partial charge in [-0.3, -0.25) is 10.1 Å². The number of hydrogen-bond acceptors (Lipinski definition) is 4. The van der Waals surface area contributed by atoms with Gasteiger partial charge in [-0.25, -0.2) is 0 Å². The molecule has 21 heavy (non-hydrogen) atoms. The van der Waals surface area contributed by atoms with Crippen molar-refractivity contribution in [2.45, 2.75) is 13.5 Å².